The maximum atomic E-state index is 12.5. The van der Waals surface area contributed by atoms with E-state index in [2.05, 4.69) is 12.1 Å². The lowest BCUT2D eigenvalue weighted by Gasteiger charge is -2.41. The molecular formula is C22H26NO3+. The summed E-state index contributed by atoms with van der Waals surface area (Å²) in [6, 6.07) is 18.1. The molecule has 2 aromatic carbocycles. The monoisotopic (exact) mass is 352 g/mol. The first kappa shape index (κ1) is 17.1. The standard InChI is InChI=1S/C22H25NO3/c24-22-18-10-12-23(13-11-18)21(22)16-17-6-8-20(9-7-17)26-15-14-25-19-4-2-1-3-5-19/h1-9,18,21H,10-16H2/p+1/t21-/m1/s1. The molecule has 3 heterocycles. The van der Waals surface area contributed by atoms with Gasteiger partial charge in [-0.05, 0) is 29.8 Å². The predicted molar refractivity (Wildman–Crippen MR) is 99.8 cm³/mol. The highest BCUT2D eigenvalue weighted by Crippen LogP contribution is 2.21. The number of benzene rings is 2. The van der Waals surface area contributed by atoms with Crippen LogP contribution in [0.4, 0.5) is 0 Å². The van der Waals surface area contributed by atoms with E-state index >= 15 is 0 Å². The Morgan fingerprint density at radius 2 is 1.46 bits per heavy atom. The molecule has 3 fully saturated rings. The normalized spacial score (nSPS) is 24.5. The van der Waals surface area contributed by atoms with Crippen LogP contribution in [0.2, 0.25) is 0 Å². The Bertz CT molecular complexity index is 721. The van der Waals surface area contributed by atoms with Gasteiger partial charge in [0.05, 0.1) is 13.1 Å². The Hall–Kier alpha value is -2.33. The molecule has 0 spiro atoms. The van der Waals surface area contributed by atoms with E-state index in [4.69, 9.17) is 9.47 Å². The van der Waals surface area contributed by atoms with Crippen molar-refractivity contribution in [2.45, 2.75) is 25.3 Å². The summed E-state index contributed by atoms with van der Waals surface area (Å²) in [7, 11) is 0. The quantitative estimate of drug-likeness (QED) is 0.774. The molecule has 26 heavy (non-hydrogen) atoms. The highest BCUT2D eigenvalue weighted by Gasteiger charge is 2.44. The first-order chi connectivity index (χ1) is 12.8. The zero-order chi connectivity index (χ0) is 17.8. The molecule has 0 saturated carbocycles. The molecule has 5 rings (SSSR count). The number of nitrogens with one attached hydrogen (secondary N) is 1. The highest BCUT2D eigenvalue weighted by atomic mass is 16.5. The number of piperidine rings is 3. The van der Waals surface area contributed by atoms with Crippen molar-refractivity contribution in [3.05, 3.63) is 60.2 Å². The van der Waals surface area contributed by atoms with Crippen molar-refractivity contribution in [2.24, 2.45) is 5.92 Å². The second-order valence-corrected chi connectivity index (χ2v) is 7.25. The molecule has 0 aromatic heterocycles. The van der Waals surface area contributed by atoms with Crippen LogP contribution in [0, 0.1) is 5.92 Å². The van der Waals surface area contributed by atoms with Gasteiger partial charge in [-0.15, -0.1) is 0 Å². The lowest BCUT2D eigenvalue weighted by atomic mass is 9.80. The number of carbonyl (C=O) groups is 1. The fourth-order valence-corrected chi connectivity index (χ4v) is 4.15. The fourth-order valence-electron chi connectivity index (χ4n) is 4.15. The van der Waals surface area contributed by atoms with Gasteiger partial charge in [-0.3, -0.25) is 4.79 Å². The van der Waals surface area contributed by atoms with E-state index in [0.29, 0.717) is 24.9 Å². The van der Waals surface area contributed by atoms with Crippen molar-refractivity contribution < 1.29 is 19.2 Å². The highest BCUT2D eigenvalue weighted by molar-refractivity contribution is 5.86. The van der Waals surface area contributed by atoms with Gasteiger partial charge in [0.1, 0.15) is 24.7 Å². The minimum atomic E-state index is 0.161. The Kier molecular flexibility index (Phi) is 5.21. The SMILES string of the molecule is O=C1C2CC[NH+](CC2)[C@@H]1Cc1ccc(OCCOc2ccccc2)cc1. The van der Waals surface area contributed by atoms with Crippen molar-refractivity contribution in [3.8, 4) is 11.5 Å². The van der Waals surface area contributed by atoms with Gasteiger partial charge < -0.3 is 14.4 Å². The van der Waals surface area contributed by atoms with Gasteiger partial charge in [0.25, 0.3) is 0 Å². The Labute approximate surface area is 154 Å². The summed E-state index contributed by atoms with van der Waals surface area (Å²) in [6.07, 6.45) is 3.02. The van der Waals surface area contributed by atoms with Gasteiger partial charge in [-0.1, -0.05) is 30.3 Å². The lowest BCUT2D eigenvalue weighted by Crippen LogP contribution is -3.20. The third kappa shape index (κ3) is 3.91. The molecule has 3 aliphatic heterocycles. The molecule has 4 nitrogen and oxygen atoms in total. The van der Waals surface area contributed by atoms with Gasteiger partial charge >= 0.3 is 0 Å². The summed E-state index contributed by atoms with van der Waals surface area (Å²) >= 11 is 0. The van der Waals surface area contributed by atoms with Crippen molar-refractivity contribution in [1.29, 1.82) is 0 Å². The summed E-state index contributed by atoms with van der Waals surface area (Å²) in [6.45, 7) is 3.34. The first-order valence-electron chi connectivity index (χ1n) is 9.57. The Balaban J connectivity index is 1.25. The topological polar surface area (TPSA) is 40.0 Å². The molecule has 3 aliphatic rings. The van der Waals surface area contributed by atoms with E-state index in [-0.39, 0.29) is 6.04 Å². The summed E-state index contributed by atoms with van der Waals surface area (Å²) in [5, 5.41) is 0. The van der Waals surface area contributed by atoms with Crippen molar-refractivity contribution in [1.82, 2.24) is 0 Å². The summed E-state index contributed by atoms with van der Waals surface area (Å²) in [4.78, 5) is 14.0. The zero-order valence-electron chi connectivity index (χ0n) is 15.0. The minimum absolute atomic E-state index is 0.161. The number of fused-ring (bicyclic) bond motifs is 3. The van der Waals surface area contributed by atoms with Crippen molar-refractivity contribution in [3.63, 3.8) is 0 Å². The Morgan fingerprint density at radius 1 is 0.846 bits per heavy atom. The second kappa shape index (κ2) is 7.92. The number of ketones is 1. The number of Topliss-reactive ketones (excluding diaryl/α,β-unsaturated/α-hetero) is 1. The van der Waals surface area contributed by atoms with Gasteiger partial charge in [0, 0.05) is 25.2 Å². The van der Waals surface area contributed by atoms with Crippen LogP contribution in [0.3, 0.4) is 0 Å². The molecule has 4 heteroatoms. The number of rotatable bonds is 7. The number of carbonyl (C=O) groups excluding carboxylic acids is 1. The van der Waals surface area contributed by atoms with E-state index in [1.165, 1.54) is 10.5 Å². The molecule has 0 aliphatic carbocycles. The lowest BCUT2D eigenvalue weighted by molar-refractivity contribution is -0.927. The smallest absolute Gasteiger partial charge is 0.193 e. The first-order valence-corrected chi connectivity index (χ1v) is 9.57. The Morgan fingerprint density at radius 3 is 2.08 bits per heavy atom. The molecule has 2 aromatic rings. The van der Waals surface area contributed by atoms with E-state index in [1.54, 1.807) is 0 Å². The third-order valence-corrected chi connectivity index (χ3v) is 5.59. The van der Waals surface area contributed by atoms with Gasteiger partial charge in [0.2, 0.25) is 0 Å². The van der Waals surface area contributed by atoms with Crippen LogP contribution in [0.25, 0.3) is 0 Å². The number of quaternary nitrogens is 1. The molecule has 0 amide bonds. The van der Waals surface area contributed by atoms with Gasteiger partial charge in [-0.25, -0.2) is 0 Å². The van der Waals surface area contributed by atoms with Crippen LogP contribution in [0.15, 0.2) is 54.6 Å². The molecule has 136 valence electrons. The van der Waals surface area contributed by atoms with E-state index in [1.807, 2.05) is 42.5 Å². The van der Waals surface area contributed by atoms with Crippen molar-refractivity contribution >= 4 is 5.78 Å². The summed E-state index contributed by atoms with van der Waals surface area (Å²) in [5.74, 6) is 2.51. The van der Waals surface area contributed by atoms with E-state index in [0.717, 1.165) is 43.9 Å². The number of hydrogen-bond acceptors (Lipinski definition) is 3. The van der Waals surface area contributed by atoms with Gasteiger partial charge in [-0.2, -0.15) is 0 Å². The van der Waals surface area contributed by atoms with Crippen LogP contribution in [-0.4, -0.2) is 38.1 Å². The second-order valence-electron chi connectivity index (χ2n) is 7.25. The summed E-state index contributed by atoms with van der Waals surface area (Å²) in [5.41, 5.74) is 1.22. The number of para-hydroxylation sites is 1. The van der Waals surface area contributed by atoms with E-state index < -0.39 is 0 Å². The maximum Gasteiger partial charge on any atom is 0.193 e. The molecule has 0 unspecified atom stereocenters. The van der Waals surface area contributed by atoms with Crippen LogP contribution in [0.1, 0.15) is 18.4 Å². The fraction of sp³-hybridized carbons (Fsp3) is 0.409. The average molecular weight is 352 g/mol. The predicted octanol–water partition coefficient (Wildman–Crippen LogP) is 1.93. The molecule has 1 N–H and O–H groups in total. The zero-order valence-corrected chi connectivity index (χ0v) is 15.0. The maximum absolute atomic E-state index is 12.5. The number of ether oxygens (including phenoxy) is 2. The minimum Gasteiger partial charge on any atom is -0.490 e. The van der Waals surface area contributed by atoms with Crippen LogP contribution in [-0.2, 0) is 11.2 Å². The summed E-state index contributed by atoms with van der Waals surface area (Å²) < 4.78 is 11.4. The van der Waals surface area contributed by atoms with Gasteiger partial charge in [0.15, 0.2) is 11.8 Å². The average Bonchev–Trinajstić information content (AvgIpc) is 2.70. The molecular weight excluding hydrogens is 326 g/mol. The molecule has 2 bridgehead atoms. The molecule has 1 atom stereocenters. The number of hydrogen-bond donors (Lipinski definition) is 1. The van der Waals surface area contributed by atoms with Crippen LogP contribution < -0.4 is 14.4 Å². The van der Waals surface area contributed by atoms with Crippen LogP contribution >= 0.6 is 0 Å². The largest absolute Gasteiger partial charge is 0.490 e. The molecule has 3 saturated heterocycles. The third-order valence-electron chi connectivity index (χ3n) is 5.59. The van der Waals surface area contributed by atoms with Crippen LogP contribution in [0.5, 0.6) is 11.5 Å². The van der Waals surface area contributed by atoms with E-state index in [9.17, 15) is 4.79 Å². The van der Waals surface area contributed by atoms with Crippen molar-refractivity contribution in [2.75, 3.05) is 26.3 Å². The molecule has 0 radical (unpaired) electrons.